The number of likely N-dealkylation sites (N-methyl/N-ethyl adjacent to an activating group) is 1. The summed E-state index contributed by atoms with van der Waals surface area (Å²) in [7, 11) is 0. The lowest BCUT2D eigenvalue weighted by atomic mass is 10.1. The van der Waals surface area contributed by atoms with Crippen LogP contribution in [0.15, 0.2) is 36.5 Å². The summed E-state index contributed by atoms with van der Waals surface area (Å²) in [5, 5.41) is 12.9. The second kappa shape index (κ2) is 7.15. The van der Waals surface area contributed by atoms with Crippen LogP contribution in [0.3, 0.4) is 0 Å². The summed E-state index contributed by atoms with van der Waals surface area (Å²) >= 11 is 0. The van der Waals surface area contributed by atoms with Gasteiger partial charge in [-0.3, -0.25) is 14.7 Å². The van der Waals surface area contributed by atoms with Crippen molar-refractivity contribution >= 4 is 22.5 Å². The quantitative estimate of drug-likeness (QED) is 0.851. The third-order valence-electron chi connectivity index (χ3n) is 3.62. The molecule has 0 aliphatic rings. The lowest BCUT2D eigenvalue weighted by Gasteiger charge is -2.26. The van der Waals surface area contributed by atoms with Crippen molar-refractivity contribution in [2.24, 2.45) is 0 Å². The van der Waals surface area contributed by atoms with E-state index in [9.17, 15) is 4.79 Å². The third kappa shape index (κ3) is 3.56. The zero-order valence-electron chi connectivity index (χ0n) is 12.4. The molecule has 1 unspecified atom stereocenters. The van der Waals surface area contributed by atoms with E-state index in [4.69, 9.17) is 5.11 Å². The van der Waals surface area contributed by atoms with Gasteiger partial charge in [0.1, 0.15) is 0 Å². The molecule has 2 rings (SSSR count). The Hall–Kier alpha value is -1.98. The van der Waals surface area contributed by atoms with Gasteiger partial charge in [-0.15, -0.1) is 0 Å². The molecular weight excluding hydrogens is 266 g/mol. The van der Waals surface area contributed by atoms with E-state index in [1.165, 1.54) is 0 Å². The highest BCUT2D eigenvalue weighted by Gasteiger charge is 2.20. The Morgan fingerprint density at radius 2 is 2.19 bits per heavy atom. The minimum absolute atomic E-state index is 0.0453. The van der Waals surface area contributed by atoms with Crippen LogP contribution >= 0.6 is 0 Å². The van der Waals surface area contributed by atoms with Crippen molar-refractivity contribution in [3.05, 3.63) is 36.5 Å². The maximum absolute atomic E-state index is 12.4. The van der Waals surface area contributed by atoms with E-state index in [-0.39, 0.29) is 18.6 Å². The molecule has 2 N–H and O–H groups in total. The molecule has 0 saturated carbocycles. The average molecular weight is 287 g/mol. The largest absolute Gasteiger partial charge is 0.395 e. The summed E-state index contributed by atoms with van der Waals surface area (Å²) < 4.78 is 0. The van der Waals surface area contributed by atoms with Crippen molar-refractivity contribution < 1.29 is 9.90 Å². The zero-order valence-corrected chi connectivity index (χ0v) is 12.4. The highest BCUT2D eigenvalue weighted by Crippen LogP contribution is 2.21. The van der Waals surface area contributed by atoms with Gasteiger partial charge in [-0.1, -0.05) is 13.0 Å². The fourth-order valence-corrected chi connectivity index (χ4v) is 2.37. The monoisotopic (exact) mass is 287 g/mol. The lowest BCUT2D eigenvalue weighted by molar-refractivity contribution is -0.120. The van der Waals surface area contributed by atoms with Gasteiger partial charge in [0, 0.05) is 18.1 Å². The molecule has 1 atom stereocenters. The molecule has 21 heavy (non-hydrogen) atoms. The molecule has 0 radical (unpaired) electrons. The number of carbonyl (C=O) groups is 1. The minimum Gasteiger partial charge on any atom is -0.395 e. The molecule has 0 spiro atoms. The van der Waals surface area contributed by atoms with Crippen LogP contribution < -0.4 is 5.32 Å². The molecule has 5 heteroatoms. The molecule has 1 aromatic heterocycles. The number of aliphatic hydroxyl groups is 1. The van der Waals surface area contributed by atoms with Crippen LogP contribution in [-0.2, 0) is 4.79 Å². The van der Waals surface area contributed by atoms with E-state index >= 15 is 0 Å². The van der Waals surface area contributed by atoms with Crippen LogP contribution in [0.5, 0.6) is 0 Å². The van der Waals surface area contributed by atoms with Crippen molar-refractivity contribution in [3.63, 3.8) is 0 Å². The number of aromatic nitrogens is 1. The Bertz CT molecular complexity index is 610. The van der Waals surface area contributed by atoms with Gasteiger partial charge in [-0.25, -0.2) is 0 Å². The first-order valence-electron chi connectivity index (χ1n) is 7.17. The Kier molecular flexibility index (Phi) is 5.25. The average Bonchev–Trinajstić information content (AvgIpc) is 2.52. The van der Waals surface area contributed by atoms with Crippen molar-refractivity contribution in [3.8, 4) is 0 Å². The summed E-state index contributed by atoms with van der Waals surface area (Å²) in [4.78, 5) is 18.6. The molecule has 2 aromatic rings. The van der Waals surface area contributed by atoms with Gasteiger partial charge < -0.3 is 10.4 Å². The first-order valence-corrected chi connectivity index (χ1v) is 7.17. The first-order chi connectivity index (χ1) is 10.2. The van der Waals surface area contributed by atoms with Crippen LogP contribution in [0.2, 0.25) is 0 Å². The number of anilines is 1. The number of fused-ring (bicyclic) bond motifs is 1. The molecule has 1 aromatic carbocycles. The first kappa shape index (κ1) is 15.4. The maximum atomic E-state index is 12.4. The van der Waals surface area contributed by atoms with E-state index in [0.717, 1.165) is 16.6 Å². The Balaban J connectivity index is 2.18. The topological polar surface area (TPSA) is 65.5 Å². The Morgan fingerprint density at radius 1 is 1.38 bits per heavy atom. The van der Waals surface area contributed by atoms with Crippen LogP contribution in [0.4, 0.5) is 5.69 Å². The SMILES string of the molecule is CCN(CCO)C(C)C(=O)Nc1cccc2ncccc12. The standard InChI is InChI=1S/C16H21N3O2/c1-3-19(10-11-20)12(2)16(21)18-15-8-4-7-14-13(15)6-5-9-17-14/h4-9,12,20H,3,10-11H2,1-2H3,(H,18,21). The van der Waals surface area contributed by atoms with Gasteiger partial charge in [0.15, 0.2) is 0 Å². The second-order valence-corrected chi connectivity index (χ2v) is 4.89. The number of hydrogen-bond acceptors (Lipinski definition) is 4. The summed E-state index contributed by atoms with van der Waals surface area (Å²) in [5.41, 5.74) is 1.61. The van der Waals surface area contributed by atoms with Crippen LogP contribution in [0.1, 0.15) is 13.8 Å². The van der Waals surface area contributed by atoms with Crippen LogP contribution in [-0.4, -0.2) is 46.6 Å². The van der Waals surface area contributed by atoms with Gasteiger partial charge in [-0.2, -0.15) is 0 Å². The highest BCUT2D eigenvalue weighted by molar-refractivity contribution is 6.02. The number of amides is 1. The van der Waals surface area contributed by atoms with Crippen molar-refractivity contribution in [2.45, 2.75) is 19.9 Å². The fraction of sp³-hybridized carbons (Fsp3) is 0.375. The number of benzene rings is 1. The number of pyridine rings is 1. The molecule has 0 aliphatic heterocycles. The molecule has 0 bridgehead atoms. The van der Waals surface area contributed by atoms with Gasteiger partial charge in [0.2, 0.25) is 5.91 Å². The van der Waals surface area contributed by atoms with Crippen molar-refractivity contribution in [1.82, 2.24) is 9.88 Å². The fourth-order valence-electron chi connectivity index (χ4n) is 2.37. The van der Waals surface area contributed by atoms with Gasteiger partial charge in [0.05, 0.1) is 23.9 Å². The van der Waals surface area contributed by atoms with Crippen LogP contribution in [0, 0.1) is 0 Å². The highest BCUT2D eigenvalue weighted by atomic mass is 16.3. The van der Waals surface area contributed by atoms with E-state index in [0.29, 0.717) is 13.1 Å². The molecule has 5 nitrogen and oxygen atoms in total. The predicted octanol–water partition coefficient (Wildman–Crippen LogP) is 1.88. The van der Waals surface area contributed by atoms with E-state index < -0.39 is 0 Å². The zero-order chi connectivity index (χ0) is 15.2. The Morgan fingerprint density at radius 3 is 2.90 bits per heavy atom. The minimum atomic E-state index is -0.297. The number of aliphatic hydroxyl groups excluding tert-OH is 1. The van der Waals surface area contributed by atoms with Gasteiger partial charge in [-0.05, 0) is 37.7 Å². The normalized spacial score (nSPS) is 12.6. The van der Waals surface area contributed by atoms with Crippen molar-refractivity contribution in [1.29, 1.82) is 0 Å². The van der Waals surface area contributed by atoms with Gasteiger partial charge >= 0.3 is 0 Å². The van der Waals surface area contributed by atoms with Crippen LogP contribution in [0.25, 0.3) is 10.9 Å². The number of rotatable bonds is 6. The van der Waals surface area contributed by atoms with E-state index in [2.05, 4.69) is 10.3 Å². The molecule has 112 valence electrons. The second-order valence-electron chi connectivity index (χ2n) is 4.89. The predicted molar refractivity (Wildman–Crippen MR) is 84.2 cm³/mol. The number of carbonyl (C=O) groups excluding carboxylic acids is 1. The molecule has 0 saturated heterocycles. The summed E-state index contributed by atoms with van der Waals surface area (Å²) in [6.07, 6.45) is 1.73. The number of nitrogens with zero attached hydrogens (tertiary/aromatic N) is 2. The van der Waals surface area contributed by atoms with Crippen molar-refractivity contribution in [2.75, 3.05) is 25.0 Å². The molecule has 0 aliphatic carbocycles. The molecular formula is C16H21N3O2. The molecule has 0 fully saturated rings. The summed E-state index contributed by atoms with van der Waals surface area (Å²) in [5.74, 6) is -0.0818. The smallest absolute Gasteiger partial charge is 0.241 e. The van der Waals surface area contributed by atoms with E-state index in [1.807, 2.05) is 49.1 Å². The number of nitrogens with one attached hydrogen (secondary N) is 1. The molecule has 1 heterocycles. The summed E-state index contributed by atoms with van der Waals surface area (Å²) in [6, 6.07) is 9.16. The maximum Gasteiger partial charge on any atom is 0.241 e. The summed E-state index contributed by atoms with van der Waals surface area (Å²) in [6.45, 7) is 5.07. The van der Waals surface area contributed by atoms with E-state index in [1.54, 1.807) is 6.20 Å². The third-order valence-corrected chi connectivity index (χ3v) is 3.62. The molecule has 1 amide bonds. The Labute approximate surface area is 124 Å². The van der Waals surface area contributed by atoms with Gasteiger partial charge in [0.25, 0.3) is 0 Å². The lowest BCUT2D eigenvalue weighted by Crippen LogP contribution is -2.43. The number of hydrogen-bond donors (Lipinski definition) is 2.